The number of nitrogens with zero attached hydrogens (tertiary/aromatic N) is 8. The van der Waals surface area contributed by atoms with Crippen LogP contribution in [0.5, 0.6) is 0 Å². The molecule has 2 aliphatic heterocycles. The molecule has 0 radical (unpaired) electrons. The molecule has 10 rings (SSSR count). The van der Waals surface area contributed by atoms with Gasteiger partial charge in [-0.2, -0.15) is 38.8 Å². The second-order valence-corrected chi connectivity index (χ2v) is 17.0. The summed E-state index contributed by atoms with van der Waals surface area (Å²) in [5.74, 6) is 1.90. The van der Waals surface area contributed by atoms with Crippen LogP contribution in [0.15, 0.2) is 58.6 Å². The van der Waals surface area contributed by atoms with Gasteiger partial charge in [0.15, 0.2) is 21.3 Å². The van der Waals surface area contributed by atoms with Crippen LogP contribution in [0.3, 0.4) is 0 Å². The molecule has 21 nitrogen and oxygen atoms in total. The van der Waals surface area contributed by atoms with E-state index in [1.807, 2.05) is 24.3 Å². The predicted molar refractivity (Wildman–Crippen MR) is 258 cm³/mol. The molecule has 4 aromatic heterocycles. The fourth-order valence-corrected chi connectivity index (χ4v) is 7.66. The Hall–Kier alpha value is -4.95. The maximum absolute atomic E-state index is 8.07. The lowest BCUT2D eigenvalue weighted by Gasteiger charge is -2.28. The zero-order valence-corrected chi connectivity index (χ0v) is 39.5. The quantitative estimate of drug-likeness (QED) is 0.0167. The van der Waals surface area contributed by atoms with E-state index < -0.39 is 0 Å². The van der Waals surface area contributed by atoms with E-state index in [0.717, 1.165) is 143 Å². The van der Waals surface area contributed by atoms with Crippen LogP contribution < -0.4 is 31.5 Å². The molecule has 4 fully saturated rings. The molecule has 2 aliphatic carbocycles. The smallest absolute Gasteiger partial charge is 0.231 e. The van der Waals surface area contributed by atoms with Gasteiger partial charge in [0, 0.05) is 67.6 Å². The Morgan fingerprint density at radius 1 is 0.727 bits per heavy atom. The first kappa shape index (κ1) is 49.0. The van der Waals surface area contributed by atoms with Crippen molar-refractivity contribution in [2.45, 2.75) is 67.6 Å². The van der Waals surface area contributed by atoms with Crippen LogP contribution in [-0.4, -0.2) is 131 Å². The summed E-state index contributed by atoms with van der Waals surface area (Å²) < 4.78 is 20.5. The number of H-pyrrole nitrogens is 2. The van der Waals surface area contributed by atoms with Crippen LogP contribution in [0.4, 0.5) is 40.3 Å². The van der Waals surface area contributed by atoms with E-state index in [1.165, 1.54) is 25.6 Å². The molecule has 2 saturated carbocycles. The van der Waals surface area contributed by atoms with Crippen molar-refractivity contribution in [3.63, 3.8) is 0 Å². The van der Waals surface area contributed by atoms with Crippen LogP contribution >= 0.6 is 35.7 Å². The standard InChI is InChI=1S/C19H23N7O3S.C10H14N2O.C9H10ClN5O2S.C4H10O/c1-27-29-30-18-15-16(20-12-2-3-12)22-19(23-17(15)24-25-18)21-13-4-6-14(7-5-13)26-8-10-28-11-9-26;11-9-1-3-10(4-2-9)12-5-7-13-8-6-12;1-16-17-18-8-5-6(11-4-2-3-4)12-9(10)13-7(5)14-15-8;1-2-3-4-5/h4-7,12H,2-3,8-11H2,1H3,(H3,20,21,22,23,24,25);1-4H,5-8,11H2;4H,2-3H2,1H3,(H2,11,12,13,14,15);5H,2-4H2,1H3. The Balaban J connectivity index is 0.000000152. The number of hydrogen-bond acceptors (Lipinski definition) is 21. The zero-order chi connectivity index (χ0) is 46.1. The number of hydrogen-bond donors (Lipinski definition) is 7. The van der Waals surface area contributed by atoms with Crippen molar-refractivity contribution in [2.75, 3.05) is 105 Å². The number of anilines is 7. The molecule has 2 saturated heterocycles. The number of halogens is 1. The van der Waals surface area contributed by atoms with E-state index >= 15 is 0 Å². The molecule has 0 bridgehead atoms. The van der Waals surface area contributed by atoms with Crippen molar-refractivity contribution in [1.82, 2.24) is 40.3 Å². The average molecular weight is 970 g/mol. The number of nitrogens with one attached hydrogen (secondary N) is 5. The van der Waals surface area contributed by atoms with Crippen molar-refractivity contribution in [1.29, 1.82) is 0 Å². The lowest BCUT2D eigenvalue weighted by atomic mass is 10.2. The molecule has 6 heterocycles. The van der Waals surface area contributed by atoms with Crippen molar-refractivity contribution >= 4 is 98.1 Å². The fourth-order valence-electron chi connectivity index (χ4n) is 6.51. The number of nitrogen functional groups attached to an aromatic ring is 1. The minimum absolute atomic E-state index is 0.179. The Morgan fingerprint density at radius 3 is 1.67 bits per heavy atom. The lowest BCUT2D eigenvalue weighted by Crippen LogP contribution is -2.36. The van der Waals surface area contributed by atoms with E-state index in [1.54, 1.807) is 0 Å². The highest BCUT2D eigenvalue weighted by atomic mass is 35.5. The summed E-state index contributed by atoms with van der Waals surface area (Å²) in [4.78, 5) is 31.4. The number of aromatic nitrogens is 8. The predicted octanol–water partition coefficient (Wildman–Crippen LogP) is 7.14. The third-order valence-corrected chi connectivity index (χ3v) is 11.7. The van der Waals surface area contributed by atoms with Gasteiger partial charge in [0.25, 0.3) is 0 Å². The molecule has 66 heavy (non-hydrogen) atoms. The number of fused-ring (bicyclic) bond motifs is 2. The molecule has 24 heteroatoms. The SMILES string of the molecule is CCCCO.COOSc1n[nH]c2nc(Cl)nc(NC3CC3)c12.COOSc1n[nH]c2nc(Nc3ccc(N4CCOCC4)cc3)nc(NC3CC3)c12.Nc1ccc(N2CCOCC2)cc1. The number of morpholine rings is 2. The van der Waals surface area contributed by atoms with Crippen molar-refractivity contribution in [3.8, 4) is 0 Å². The van der Waals surface area contributed by atoms with Crippen LogP contribution in [0.1, 0.15) is 45.4 Å². The normalized spacial score (nSPS) is 15.8. The van der Waals surface area contributed by atoms with Crippen LogP contribution in [-0.2, 0) is 27.9 Å². The third kappa shape index (κ3) is 14.5. The Morgan fingerprint density at radius 2 is 1.21 bits per heavy atom. The summed E-state index contributed by atoms with van der Waals surface area (Å²) in [6.07, 6.45) is 6.57. The molecule has 0 unspecified atom stereocenters. The van der Waals surface area contributed by atoms with Gasteiger partial charge in [-0.1, -0.05) is 13.3 Å². The first-order valence-corrected chi connectivity index (χ1v) is 23.7. The molecule has 0 atom stereocenters. The van der Waals surface area contributed by atoms with Gasteiger partial charge in [0.2, 0.25) is 11.2 Å². The fraction of sp³-hybridized carbons (Fsp3) is 0.476. The number of aliphatic hydroxyl groups excluding tert-OH is 1. The highest BCUT2D eigenvalue weighted by Gasteiger charge is 2.26. The summed E-state index contributed by atoms with van der Waals surface area (Å²) in [5, 5.41) is 35.2. The highest BCUT2D eigenvalue weighted by Crippen LogP contribution is 2.36. The number of aliphatic hydroxyl groups is 1. The van der Waals surface area contributed by atoms with E-state index in [-0.39, 0.29) is 5.28 Å². The van der Waals surface area contributed by atoms with Gasteiger partial charge in [-0.3, -0.25) is 10.2 Å². The van der Waals surface area contributed by atoms with Crippen LogP contribution in [0.25, 0.3) is 22.1 Å². The molecule has 356 valence electrons. The summed E-state index contributed by atoms with van der Waals surface area (Å²) in [6.45, 7) is 9.36. The van der Waals surface area contributed by atoms with Gasteiger partial charge in [-0.05, 0) is 92.2 Å². The monoisotopic (exact) mass is 968 g/mol. The number of rotatable bonds is 16. The second-order valence-electron chi connectivity index (χ2n) is 15.3. The topological polar surface area (TPSA) is 253 Å². The summed E-state index contributed by atoms with van der Waals surface area (Å²) in [7, 11) is 2.88. The molecular weight excluding hydrogens is 912 g/mol. The van der Waals surface area contributed by atoms with E-state index in [9.17, 15) is 0 Å². The summed E-state index contributed by atoms with van der Waals surface area (Å²) in [6, 6.07) is 17.1. The van der Waals surface area contributed by atoms with Gasteiger partial charge < -0.3 is 46.1 Å². The van der Waals surface area contributed by atoms with Crippen molar-refractivity contribution in [2.24, 2.45) is 0 Å². The zero-order valence-electron chi connectivity index (χ0n) is 37.1. The molecule has 8 N–H and O–H groups in total. The number of ether oxygens (including phenoxy) is 2. The average Bonchev–Trinajstić information content (AvgIpc) is 4.27. The molecule has 0 amide bonds. The summed E-state index contributed by atoms with van der Waals surface area (Å²) in [5.41, 5.74) is 11.0. The number of benzene rings is 2. The molecule has 6 aromatic rings. The van der Waals surface area contributed by atoms with E-state index in [0.29, 0.717) is 51.8 Å². The molecular formula is C42H57ClN14O7S2. The Kier molecular flexibility index (Phi) is 18.7. The maximum Gasteiger partial charge on any atom is 0.231 e. The van der Waals surface area contributed by atoms with Crippen LogP contribution in [0, 0.1) is 0 Å². The Labute approximate surface area is 396 Å². The summed E-state index contributed by atoms with van der Waals surface area (Å²) >= 11 is 7.89. The minimum Gasteiger partial charge on any atom is -0.399 e. The Bertz CT molecular complexity index is 2380. The minimum atomic E-state index is 0.179. The molecule has 2 aromatic carbocycles. The van der Waals surface area contributed by atoms with Gasteiger partial charge in [0.1, 0.15) is 11.6 Å². The van der Waals surface area contributed by atoms with E-state index in [2.05, 4.69) is 102 Å². The third-order valence-electron chi connectivity index (χ3n) is 10.2. The number of unbranched alkanes of at least 4 members (excludes halogenated alkanes) is 1. The van der Waals surface area contributed by atoms with Gasteiger partial charge in [-0.25, -0.2) is 9.78 Å². The maximum atomic E-state index is 8.07. The highest BCUT2D eigenvalue weighted by molar-refractivity contribution is 7.95. The van der Waals surface area contributed by atoms with Gasteiger partial charge in [0.05, 0.1) is 75.5 Å². The van der Waals surface area contributed by atoms with Crippen LogP contribution in [0.2, 0.25) is 5.28 Å². The van der Waals surface area contributed by atoms with E-state index in [4.69, 9.17) is 45.6 Å². The lowest BCUT2D eigenvalue weighted by molar-refractivity contribution is -0.160. The first-order chi connectivity index (χ1) is 32.3. The first-order valence-electron chi connectivity index (χ1n) is 21.8. The molecule has 0 spiro atoms. The van der Waals surface area contributed by atoms with Crippen molar-refractivity contribution < 1.29 is 33.0 Å². The van der Waals surface area contributed by atoms with Crippen molar-refractivity contribution in [3.05, 3.63) is 53.8 Å². The molecule has 4 aliphatic rings. The number of aromatic amines is 2. The second kappa shape index (κ2) is 25.3. The van der Waals surface area contributed by atoms with Gasteiger partial charge in [-0.15, -0.1) is 0 Å². The largest absolute Gasteiger partial charge is 0.399 e. The number of nitrogens with two attached hydrogens (primary N) is 1. The van der Waals surface area contributed by atoms with Gasteiger partial charge >= 0.3 is 0 Å².